The fraction of sp³-hybridized carbons (Fsp3) is 0.462. The summed E-state index contributed by atoms with van der Waals surface area (Å²) in [4.78, 5) is 11.4. The number of carbonyl (C=O) groups is 1. The van der Waals surface area contributed by atoms with E-state index in [0.717, 1.165) is 5.56 Å². The first-order chi connectivity index (χ1) is 9.95. The van der Waals surface area contributed by atoms with Crippen LogP contribution in [-0.4, -0.2) is 30.7 Å². The van der Waals surface area contributed by atoms with Gasteiger partial charge in [0.05, 0.1) is 12.1 Å². The van der Waals surface area contributed by atoms with Gasteiger partial charge in [0, 0.05) is 0 Å². The van der Waals surface area contributed by atoms with Crippen LogP contribution in [0.4, 0.5) is 8.78 Å². The number of amides is 1. The van der Waals surface area contributed by atoms with Crippen molar-refractivity contribution in [3.63, 3.8) is 0 Å². The van der Waals surface area contributed by atoms with E-state index in [1.165, 1.54) is 13.8 Å². The molecule has 1 aromatic rings. The third-order valence-electron chi connectivity index (χ3n) is 3.34. The highest BCUT2D eigenvalue weighted by Crippen LogP contribution is 2.31. The summed E-state index contributed by atoms with van der Waals surface area (Å²) in [5, 5.41) is -3.14. The molecule has 1 N–H and O–H groups in total. The Bertz CT molecular complexity index is 681. The number of carbonyl (C=O) groups excluding carboxylic acids is 1. The first-order valence-electron chi connectivity index (χ1n) is 6.33. The molecule has 1 fully saturated rings. The largest absolute Gasteiger partial charge is 0.743 e. The first-order valence-corrected chi connectivity index (χ1v) is 7.74. The lowest BCUT2D eigenvalue weighted by Gasteiger charge is -2.29. The number of rotatable bonds is 5. The van der Waals surface area contributed by atoms with Gasteiger partial charge in [0.25, 0.3) is 0 Å². The number of hydrogen-bond donors (Lipinski definition) is 1. The Balaban J connectivity index is 2.17. The number of benzene rings is 1. The molecular formula is C13H14F2NO5S-. The van der Waals surface area contributed by atoms with Gasteiger partial charge in [0.15, 0.2) is 10.1 Å². The fourth-order valence-electron chi connectivity index (χ4n) is 1.90. The van der Waals surface area contributed by atoms with Crippen molar-refractivity contribution in [2.24, 2.45) is 0 Å². The zero-order valence-electron chi connectivity index (χ0n) is 11.8. The van der Waals surface area contributed by atoms with Crippen molar-refractivity contribution >= 4 is 16.0 Å². The summed E-state index contributed by atoms with van der Waals surface area (Å²) in [5.41, 5.74) is 0.108. The minimum absolute atomic E-state index is 0.0293. The highest BCUT2D eigenvalue weighted by molar-refractivity contribution is 7.87. The molecule has 0 bridgehead atoms. The molecule has 0 radical (unpaired) electrons. The monoisotopic (exact) mass is 334 g/mol. The normalized spacial score (nSPS) is 18.9. The van der Waals surface area contributed by atoms with Crippen molar-refractivity contribution in [1.29, 1.82) is 0 Å². The maximum atomic E-state index is 13.2. The predicted molar refractivity (Wildman–Crippen MR) is 70.9 cm³/mol. The lowest BCUT2D eigenvalue weighted by molar-refractivity contribution is -0.138. The van der Waals surface area contributed by atoms with Crippen molar-refractivity contribution in [2.45, 2.75) is 30.7 Å². The van der Waals surface area contributed by atoms with Gasteiger partial charge in [-0.3, -0.25) is 4.79 Å². The molecule has 22 heavy (non-hydrogen) atoms. The van der Waals surface area contributed by atoms with E-state index in [0.29, 0.717) is 12.2 Å². The maximum absolute atomic E-state index is 13.2. The van der Waals surface area contributed by atoms with Crippen molar-refractivity contribution in [1.82, 2.24) is 5.32 Å². The minimum atomic E-state index is -6.08. The molecule has 1 amide bonds. The van der Waals surface area contributed by atoms with Gasteiger partial charge in [-0.1, -0.05) is 24.3 Å². The van der Waals surface area contributed by atoms with Gasteiger partial charge in [0.1, 0.15) is 6.10 Å². The Kier molecular flexibility index (Phi) is 4.01. The maximum Gasteiger partial charge on any atom is 0.410 e. The minimum Gasteiger partial charge on any atom is -0.743 e. The van der Waals surface area contributed by atoms with E-state index in [1.54, 1.807) is 24.3 Å². The molecule has 122 valence electrons. The molecule has 9 heteroatoms. The van der Waals surface area contributed by atoms with Crippen molar-refractivity contribution < 1.29 is 31.3 Å². The van der Waals surface area contributed by atoms with Crippen LogP contribution in [0.2, 0.25) is 0 Å². The molecule has 1 aliphatic heterocycles. The van der Waals surface area contributed by atoms with E-state index in [1.807, 2.05) is 5.32 Å². The number of nitrogens with one attached hydrogen (secondary N) is 1. The summed E-state index contributed by atoms with van der Waals surface area (Å²) in [6, 6.07) is 6.68. The van der Waals surface area contributed by atoms with Crippen LogP contribution < -0.4 is 5.32 Å². The molecule has 1 aromatic carbocycles. The summed E-state index contributed by atoms with van der Waals surface area (Å²) in [6.45, 7) is 3.45. The molecule has 0 spiro atoms. The van der Waals surface area contributed by atoms with Crippen LogP contribution in [-0.2, 0) is 25.2 Å². The third kappa shape index (κ3) is 3.26. The van der Waals surface area contributed by atoms with Crippen molar-refractivity contribution in [3.05, 3.63) is 35.4 Å². The van der Waals surface area contributed by atoms with Crippen LogP contribution in [0.15, 0.2) is 24.3 Å². The number of halogens is 2. The standard InChI is InChI=1S/C13H15F2NO5S/c1-12(2,16-11(17)13(14,15)22(18,19)20)9-5-3-8(4-6-9)10-7-21-10/h3-6,10H,7H2,1-2H3,(H,16,17)(H,18,19,20)/p-1. The van der Waals surface area contributed by atoms with Crippen LogP contribution >= 0.6 is 0 Å². The zero-order valence-corrected chi connectivity index (χ0v) is 12.6. The highest BCUT2D eigenvalue weighted by Gasteiger charge is 2.48. The van der Waals surface area contributed by atoms with Gasteiger partial charge in [-0.25, -0.2) is 8.42 Å². The van der Waals surface area contributed by atoms with E-state index >= 15 is 0 Å². The summed E-state index contributed by atoms with van der Waals surface area (Å²) >= 11 is 0. The molecule has 0 aromatic heterocycles. The Morgan fingerprint density at radius 2 is 1.82 bits per heavy atom. The average molecular weight is 334 g/mol. The van der Waals surface area contributed by atoms with Crippen molar-refractivity contribution in [2.75, 3.05) is 6.61 Å². The van der Waals surface area contributed by atoms with E-state index in [2.05, 4.69) is 0 Å². The van der Waals surface area contributed by atoms with Crippen LogP contribution in [0.5, 0.6) is 0 Å². The second-order valence-corrected chi connectivity index (χ2v) is 6.91. The Morgan fingerprint density at radius 3 is 2.23 bits per heavy atom. The predicted octanol–water partition coefficient (Wildman–Crippen LogP) is 1.25. The third-order valence-corrected chi connectivity index (χ3v) is 4.16. The van der Waals surface area contributed by atoms with Crippen LogP contribution in [0, 0.1) is 0 Å². The smallest absolute Gasteiger partial charge is 0.410 e. The van der Waals surface area contributed by atoms with Crippen LogP contribution in [0.1, 0.15) is 31.1 Å². The molecule has 0 aliphatic carbocycles. The number of ether oxygens (including phenoxy) is 1. The second-order valence-electron chi connectivity index (χ2n) is 5.49. The zero-order chi connectivity index (χ0) is 16.8. The van der Waals surface area contributed by atoms with E-state index in [9.17, 15) is 26.5 Å². The Hall–Kier alpha value is -1.58. The SMILES string of the molecule is CC(C)(NC(=O)C(F)(F)S(=O)(=O)[O-])c1ccc(C2CO2)cc1. The quantitative estimate of drug-likeness (QED) is 0.645. The topological polar surface area (TPSA) is 98.8 Å². The second kappa shape index (κ2) is 5.25. The molecule has 6 nitrogen and oxygen atoms in total. The molecule has 1 atom stereocenters. The Morgan fingerprint density at radius 1 is 1.32 bits per heavy atom. The fourth-order valence-corrected chi connectivity index (χ4v) is 2.18. The van der Waals surface area contributed by atoms with Gasteiger partial charge >= 0.3 is 11.2 Å². The average Bonchev–Trinajstić information content (AvgIpc) is 3.21. The number of hydrogen-bond acceptors (Lipinski definition) is 5. The molecule has 1 saturated heterocycles. The number of epoxide rings is 1. The van der Waals surface area contributed by atoms with Gasteiger partial charge in [-0.05, 0) is 25.0 Å². The van der Waals surface area contributed by atoms with Gasteiger partial charge in [-0.15, -0.1) is 0 Å². The molecule has 1 unspecified atom stereocenters. The first kappa shape index (κ1) is 16.8. The van der Waals surface area contributed by atoms with Gasteiger partial charge in [0.2, 0.25) is 0 Å². The summed E-state index contributed by atoms with van der Waals surface area (Å²) in [7, 11) is -6.08. The summed E-state index contributed by atoms with van der Waals surface area (Å²) in [5.74, 6) is -2.15. The summed E-state index contributed by atoms with van der Waals surface area (Å²) < 4.78 is 62.9. The van der Waals surface area contributed by atoms with Crippen LogP contribution in [0.25, 0.3) is 0 Å². The molecule has 1 aliphatic rings. The molecule has 2 rings (SSSR count). The molecule has 1 heterocycles. The highest BCUT2D eigenvalue weighted by atomic mass is 32.2. The van der Waals surface area contributed by atoms with Gasteiger partial charge in [-0.2, -0.15) is 8.78 Å². The van der Waals surface area contributed by atoms with Crippen molar-refractivity contribution in [3.8, 4) is 0 Å². The molecule has 0 saturated carbocycles. The summed E-state index contributed by atoms with van der Waals surface area (Å²) in [6.07, 6.45) is 0.0293. The Labute approximate surface area is 126 Å². The van der Waals surface area contributed by atoms with E-state index < -0.39 is 26.8 Å². The molecular weight excluding hydrogens is 320 g/mol. The van der Waals surface area contributed by atoms with Gasteiger partial charge < -0.3 is 14.6 Å². The van der Waals surface area contributed by atoms with E-state index in [-0.39, 0.29) is 6.10 Å². The van der Waals surface area contributed by atoms with E-state index in [4.69, 9.17) is 4.74 Å². The lowest BCUT2D eigenvalue weighted by Crippen LogP contribution is -2.52. The lowest BCUT2D eigenvalue weighted by atomic mass is 9.93. The number of alkyl halides is 2. The van der Waals surface area contributed by atoms with Crippen LogP contribution in [0.3, 0.4) is 0 Å².